The van der Waals surface area contributed by atoms with Crippen LogP contribution in [0.25, 0.3) is 55.6 Å². The van der Waals surface area contributed by atoms with Crippen LogP contribution in [0.3, 0.4) is 0 Å². The third-order valence-corrected chi connectivity index (χ3v) is 21.0. The van der Waals surface area contributed by atoms with Crippen LogP contribution in [-0.2, 0) is 77.4 Å². The Bertz CT molecular complexity index is 4140. The Balaban J connectivity index is 0.000000223. The molecule has 96 heavy (non-hydrogen) atoms. The van der Waals surface area contributed by atoms with Crippen LogP contribution in [0, 0.1) is 0 Å². The summed E-state index contributed by atoms with van der Waals surface area (Å²) in [7, 11) is 4.91. The van der Waals surface area contributed by atoms with Crippen molar-refractivity contribution in [1.29, 1.82) is 0 Å². The average molecular weight is 1520 g/mol. The molecular weight excluding hydrogens is 1450 g/mol. The van der Waals surface area contributed by atoms with Crippen molar-refractivity contribution < 1.29 is 164 Å². The fourth-order valence-electron chi connectivity index (χ4n) is 12.2. The van der Waals surface area contributed by atoms with Crippen molar-refractivity contribution in [2.45, 2.75) is 140 Å². The van der Waals surface area contributed by atoms with Crippen molar-refractivity contribution in [3.8, 4) is 33.8 Å². The summed E-state index contributed by atoms with van der Waals surface area (Å²) in [6.07, 6.45) is 4.29. The summed E-state index contributed by atoms with van der Waals surface area (Å²) in [5, 5.41) is 17.8. The Morgan fingerprint density at radius 3 is 1.52 bits per heavy atom. The van der Waals surface area contributed by atoms with Gasteiger partial charge in [-0.3, -0.25) is 32.2 Å². The number of benzene rings is 2. The van der Waals surface area contributed by atoms with Gasteiger partial charge < -0.3 is 39.8 Å². The van der Waals surface area contributed by atoms with Crippen molar-refractivity contribution in [2.75, 3.05) is 37.1 Å². The number of hydrogen-bond acceptors (Lipinski definition) is 15. The summed E-state index contributed by atoms with van der Waals surface area (Å²) in [5.41, 5.74) is 5.41. The molecule has 3 saturated heterocycles. The van der Waals surface area contributed by atoms with Crippen molar-refractivity contribution >= 4 is 113 Å². The minimum atomic E-state index is -2.73. The van der Waals surface area contributed by atoms with E-state index in [4.69, 9.17) is 47.5 Å². The molecule has 0 radical (unpaired) electrons. The van der Waals surface area contributed by atoms with Gasteiger partial charge in [-0.05, 0) is 120 Å². The van der Waals surface area contributed by atoms with Crippen LogP contribution in [0.15, 0.2) is 77.9 Å². The maximum absolute atomic E-state index is 14.3. The van der Waals surface area contributed by atoms with E-state index >= 15 is 0 Å². The molecule has 2 atom stereocenters. The molecule has 6 aromatic heterocycles. The molecule has 5 aliphatic heterocycles. The normalized spacial score (nSPS) is 21.0. The van der Waals surface area contributed by atoms with Crippen molar-refractivity contribution in [3.63, 3.8) is 0 Å². The smallest absolute Gasteiger partial charge is 1.00 e. The number of hydrogen-bond donors (Lipinski definition) is 0. The predicted molar refractivity (Wildman–Crippen MR) is 356 cm³/mol. The number of pyridine rings is 2. The topological polar surface area (TPSA) is 240 Å². The van der Waals surface area contributed by atoms with Crippen molar-refractivity contribution in [2.24, 2.45) is 14.1 Å². The molecule has 2 unspecified atom stereocenters. The van der Waals surface area contributed by atoms with Crippen molar-refractivity contribution in [1.82, 2.24) is 58.4 Å². The Morgan fingerprint density at radius 1 is 0.688 bits per heavy atom. The number of rotatable bonds is 9. The second-order valence-corrected chi connectivity index (χ2v) is 30.2. The predicted octanol–water partition coefficient (Wildman–Crippen LogP) is 4.64. The fourth-order valence-corrected chi connectivity index (χ4v) is 15.3. The van der Waals surface area contributed by atoms with Gasteiger partial charge in [-0.1, -0.05) is 24.3 Å². The molecule has 506 valence electrons. The molecule has 0 aliphatic carbocycles. The quantitative estimate of drug-likeness (QED) is 0.0478. The molecule has 0 spiro atoms. The Hall–Kier alpha value is -3.19. The first-order valence-electron chi connectivity index (χ1n) is 30.3. The molecule has 8 aromatic rings. The van der Waals surface area contributed by atoms with Crippen LogP contribution in [0.5, 0.6) is 0 Å². The van der Waals surface area contributed by atoms with Gasteiger partial charge in [0, 0.05) is 136 Å². The summed E-state index contributed by atoms with van der Waals surface area (Å²) in [5.74, 6) is 5.03. The molecule has 13 rings (SSSR count). The van der Waals surface area contributed by atoms with E-state index in [0.29, 0.717) is 80.2 Å². The van der Waals surface area contributed by atoms with Gasteiger partial charge in [-0.2, -0.15) is 10.2 Å². The number of carbonyl (C=O) groups is 3. The zero-order chi connectivity index (χ0) is 68.4. The molecule has 21 nitrogen and oxygen atoms in total. The van der Waals surface area contributed by atoms with Crippen LogP contribution in [0.1, 0.15) is 147 Å². The molecule has 0 N–H and O–H groups in total. The first-order valence-corrected chi connectivity index (χ1v) is 34.9. The number of aromatic nitrogens is 10. The molecule has 5 aliphatic rings. The molecule has 2 amide bonds. The summed E-state index contributed by atoms with van der Waals surface area (Å²) in [4.78, 5) is 58.6. The second-order valence-electron chi connectivity index (χ2n) is 24.5. The van der Waals surface area contributed by atoms with Crippen LogP contribution in [0.4, 0.5) is 17.6 Å². The van der Waals surface area contributed by atoms with Crippen LogP contribution >= 0.6 is 39.1 Å². The van der Waals surface area contributed by atoms with E-state index in [9.17, 15) is 35.6 Å². The number of likely N-dealkylation sites (N-methyl/N-ethyl adjacent to an activating group) is 2. The maximum atomic E-state index is 14.3. The average Bonchev–Trinajstić information content (AvgIpc) is 1.64. The molecule has 33 heteroatoms. The third kappa shape index (κ3) is 17.8. The van der Waals surface area contributed by atoms with E-state index in [1.165, 1.54) is 24.5 Å². The van der Waals surface area contributed by atoms with E-state index in [1.807, 2.05) is 83.5 Å². The Labute approximate surface area is 664 Å². The van der Waals surface area contributed by atoms with Gasteiger partial charge in [-0.25, -0.2) is 37.5 Å². The number of aryl methyl sites for hydroxylation is 2. The van der Waals surface area contributed by atoms with Crippen LogP contribution in [0.2, 0.25) is 0 Å². The second kappa shape index (κ2) is 34.2. The third-order valence-electron chi connectivity index (χ3n) is 17.6. The van der Waals surface area contributed by atoms with E-state index in [-0.39, 0.29) is 162 Å². The summed E-state index contributed by atoms with van der Waals surface area (Å²) >= 11 is 13.6. The minimum absolute atomic E-state index is 0. The van der Waals surface area contributed by atoms with Gasteiger partial charge >= 0.3 is 110 Å². The van der Waals surface area contributed by atoms with Gasteiger partial charge in [-0.15, -0.1) is 23.2 Å². The number of carbonyl (C=O) groups excluding carboxylic acids is 3. The number of alkyl halides is 6. The standard InChI is InChI=1S/C27H28F2N6O2S.C20H22BF2N3O2.C13H18BrN3O2S.C2H4Cl2.CH2O3.2K.H/c1-15-27(36)33(2)14-22-24(32-26(35(15)22)16-7-9-38(37)10-8-16)18-5-4-6-21-19(18)11-20(25(28)29)23(31-21)17-12-30-34(3)13-17;1-19(2)20(3,4)28-21(27-19)15-7-6-8-16-13(15)9-14(18(22)23)17(25-16)12-10-24-26(5)11-12;1-8-13(18)16(2)7-10-11(14)15-12(17(8)10)9-3-5-20(19)6-4-9;1-2(3)4;2-1-4-3;;;/h4-6,11-13,15-16,25H,7-10,14H2,1-3H3;6-11,18H,1-5H3;8-9H,3-7H2,1-2H3;2H,1H3;1,3H;;;/q;;;;;2*+1;-1/p-1. The Kier molecular flexibility index (Phi) is 28.5. The molecule has 0 saturated carbocycles. The molecule has 3 fully saturated rings. The van der Waals surface area contributed by atoms with E-state index in [2.05, 4.69) is 50.5 Å². The van der Waals surface area contributed by atoms with E-state index in [1.54, 1.807) is 65.7 Å². The first-order chi connectivity index (χ1) is 44.4. The van der Waals surface area contributed by atoms with Gasteiger partial charge in [0.25, 0.3) is 19.3 Å². The SMILES string of the molecule is CC(Cl)Cl.CC1C(=O)N(C)Cc2c(-c3cccc4nc(-c5cnn(C)c5)c(C(F)F)cc34)nc(C3CCS(=O)CC3)n21.CC1C(=O)N(C)Cc2c(Br)nc(C3CCS(=O)CC3)n21.Cn1cc(-c2nc3cccc(B4OC(C)(C)C(C)(C)O4)c3cc2C(F)F)cn1.O=CO[O-].[H-].[K+].[K+]. The van der Waals surface area contributed by atoms with Crippen LogP contribution in [-0.4, -0.2) is 145 Å². The number of fused-ring (bicyclic) bond motifs is 4. The van der Waals surface area contributed by atoms with Gasteiger partial charge in [0.1, 0.15) is 33.2 Å². The number of amides is 2. The minimum Gasteiger partial charge on any atom is -1.00 e. The van der Waals surface area contributed by atoms with Crippen LogP contribution < -0.4 is 113 Å². The molecule has 0 bridgehead atoms. The molecule has 2 aromatic carbocycles. The monoisotopic (exact) mass is 1520 g/mol. The number of halogens is 7. The summed E-state index contributed by atoms with van der Waals surface area (Å²) in [6, 6.07) is 13.4. The zero-order valence-corrected chi connectivity index (χ0v) is 66.7. The summed E-state index contributed by atoms with van der Waals surface area (Å²) in [6.45, 7) is 14.1. The first kappa shape index (κ1) is 80.1. The largest absolute Gasteiger partial charge is 1.00 e. The Morgan fingerprint density at radius 2 is 1.09 bits per heavy atom. The van der Waals surface area contributed by atoms with Crippen molar-refractivity contribution in [3.05, 3.63) is 112 Å². The van der Waals surface area contributed by atoms with Gasteiger partial charge in [0.15, 0.2) is 0 Å². The molecule has 11 heterocycles. The number of imidazole rings is 2. The fraction of sp³-hybridized carbons (Fsp3) is 0.476. The molecular formula is C63H74BBrCl2F4K2N12O9S2. The van der Waals surface area contributed by atoms with Gasteiger partial charge in [0.05, 0.1) is 76.2 Å². The van der Waals surface area contributed by atoms with Gasteiger partial charge in [0.2, 0.25) is 11.8 Å². The zero-order valence-electron chi connectivity index (χ0n) is 56.7. The summed E-state index contributed by atoms with van der Waals surface area (Å²) < 4.78 is 100. The van der Waals surface area contributed by atoms with E-state index in [0.717, 1.165) is 64.8 Å². The maximum Gasteiger partial charge on any atom is 1.00 e. The van der Waals surface area contributed by atoms with E-state index < -0.39 is 58.8 Å². The number of nitrogens with zero attached hydrogens (tertiary/aromatic N) is 12.